The van der Waals surface area contributed by atoms with Crippen molar-refractivity contribution in [2.75, 3.05) is 0 Å². The molecule has 0 bridgehead atoms. The van der Waals surface area contributed by atoms with Crippen molar-refractivity contribution in [3.63, 3.8) is 0 Å². The Hall–Kier alpha value is -3.07. The van der Waals surface area contributed by atoms with E-state index in [4.69, 9.17) is 11.6 Å². The second-order valence-electron chi connectivity index (χ2n) is 7.95. The molecule has 4 rings (SSSR count). The number of nitrogens with one attached hydrogen (secondary N) is 1. The molecular weight excluding hydrogens is 558 g/mol. The lowest BCUT2D eigenvalue weighted by Crippen LogP contribution is -2.34. The molecule has 0 saturated heterocycles. The topological polar surface area (TPSA) is 64.7 Å². The molecule has 0 aliphatic heterocycles. The summed E-state index contributed by atoms with van der Waals surface area (Å²) in [6, 6.07) is 4.39. The maximum atomic E-state index is 14.2. The number of alkyl halides is 5. The monoisotopic (exact) mass is 571 g/mol. The number of hydrogen-bond donors (Lipinski definition) is 1. The molecule has 1 aliphatic rings. The van der Waals surface area contributed by atoms with E-state index < -0.39 is 57.4 Å². The van der Waals surface area contributed by atoms with Gasteiger partial charge in [-0.15, -0.1) is 0 Å². The molecule has 1 amide bonds. The molecule has 2 heterocycles. The Labute approximate surface area is 212 Å². The quantitative estimate of drug-likeness (QED) is 0.256. The van der Waals surface area contributed by atoms with Crippen LogP contribution in [0.4, 0.5) is 35.1 Å². The molecule has 1 N–H and O–H groups in total. The normalized spacial score (nSPS) is 14.1. The zero-order valence-corrected chi connectivity index (χ0v) is 20.0. The lowest BCUT2D eigenvalue weighted by Gasteiger charge is -2.18. The van der Waals surface area contributed by atoms with Crippen molar-refractivity contribution in [1.82, 2.24) is 24.9 Å². The highest BCUT2D eigenvalue weighted by Gasteiger charge is 2.62. The number of nitrogens with zero attached hydrogens (tertiary/aromatic N) is 4. The summed E-state index contributed by atoms with van der Waals surface area (Å²) >= 11 is 5.48. The second kappa shape index (κ2) is 9.67. The summed E-state index contributed by atoms with van der Waals surface area (Å²) in [5, 5.41) is 7.70. The fraction of sp³-hybridized carbons (Fsp3) is 0.286. The molecule has 0 radical (unpaired) electrons. The van der Waals surface area contributed by atoms with Crippen molar-refractivity contribution in [1.29, 1.82) is 0 Å². The SMILES string of the molecule is Cn1nc(C(F)(F)C(F)(F)F)c(SC(F)=C(F)F)c1-n1cc(-c2ccc(Cl)c(C(=O)NC3CC3)c2)cn1. The highest BCUT2D eigenvalue weighted by molar-refractivity contribution is 8.03. The standard InChI is InChI=1S/C21H14ClF8N5OS/c1-34-19(14(37-17(25)16(23)24)15(33-34)20(26,27)21(28,29)30)35-8-10(7-31-35)9-2-5-13(22)12(6-9)18(36)32-11-3-4-11/h2,5-8,11H,3-4H2,1H3,(H,32,36). The van der Waals surface area contributed by atoms with Crippen LogP contribution in [0.15, 0.2) is 46.7 Å². The molecule has 0 spiro atoms. The van der Waals surface area contributed by atoms with Crippen molar-refractivity contribution >= 4 is 29.3 Å². The summed E-state index contributed by atoms with van der Waals surface area (Å²) in [6.07, 6.45) is -5.05. The van der Waals surface area contributed by atoms with Gasteiger partial charge in [-0.05, 0) is 42.3 Å². The van der Waals surface area contributed by atoms with Crippen LogP contribution in [0.2, 0.25) is 5.02 Å². The van der Waals surface area contributed by atoms with Crippen LogP contribution in [0.3, 0.4) is 0 Å². The molecule has 2 aromatic heterocycles. The highest BCUT2D eigenvalue weighted by Crippen LogP contribution is 2.49. The molecule has 16 heteroatoms. The average Bonchev–Trinajstić information content (AvgIpc) is 3.37. The van der Waals surface area contributed by atoms with Crippen LogP contribution >= 0.6 is 23.4 Å². The second-order valence-corrected chi connectivity index (χ2v) is 9.33. The first-order valence-electron chi connectivity index (χ1n) is 10.3. The smallest absolute Gasteiger partial charge is 0.349 e. The average molecular weight is 572 g/mol. The van der Waals surface area contributed by atoms with Crippen LogP contribution in [-0.2, 0) is 13.0 Å². The van der Waals surface area contributed by atoms with Gasteiger partial charge in [-0.25, -0.2) is 9.36 Å². The molecule has 1 aliphatic carbocycles. The lowest BCUT2D eigenvalue weighted by molar-refractivity contribution is -0.292. The number of carbonyl (C=O) groups excluding carboxylic acids is 1. The van der Waals surface area contributed by atoms with E-state index in [1.165, 1.54) is 24.4 Å². The lowest BCUT2D eigenvalue weighted by atomic mass is 10.1. The van der Waals surface area contributed by atoms with Crippen LogP contribution in [0.1, 0.15) is 28.9 Å². The fourth-order valence-electron chi connectivity index (χ4n) is 3.27. The summed E-state index contributed by atoms with van der Waals surface area (Å²) in [5.74, 6) is -6.65. The Balaban J connectivity index is 1.79. The Morgan fingerprint density at radius 1 is 1.14 bits per heavy atom. The number of thioether (sulfide) groups is 1. The third-order valence-corrected chi connectivity index (χ3v) is 6.47. The van der Waals surface area contributed by atoms with Gasteiger partial charge in [-0.3, -0.25) is 4.79 Å². The summed E-state index contributed by atoms with van der Waals surface area (Å²) in [7, 11) is 0.965. The zero-order valence-electron chi connectivity index (χ0n) is 18.4. The Morgan fingerprint density at radius 2 is 1.81 bits per heavy atom. The molecule has 6 nitrogen and oxygen atoms in total. The van der Waals surface area contributed by atoms with Crippen LogP contribution < -0.4 is 5.32 Å². The molecule has 1 saturated carbocycles. The fourth-order valence-corrected chi connectivity index (χ4v) is 4.31. The van der Waals surface area contributed by atoms with Crippen LogP contribution in [-0.4, -0.2) is 37.7 Å². The maximum absolute atomic E-state index is 14.2. The van der Waals surface area contributed by atoms with Gasteiger partial charge in [0.2, 0.25) is 5.16 Å². The number of amides is 1. The highest BCUT2D eigenvalue weighted by atomic mass is 35.5. The van der Waals surface area contributed by atoms with Gasteiger partial charge in [0, 0.05) is 24.8 Å². The minimum absolute atomic E-state index is 0.0448. The van der Waals surface area contributed by atoms with E-state index in [1.54, 1.807) is 0 Å². The van der Waals surface area contributed by atoms with Crippen molar-refractivity contribution in [3.05, 3.63) is 58.1 Å². The van der Waals surface area contributed by atoms with Crippen LogP contribution in [0.5, 0.6) is 0 Å². The van der Waals surface area contributed by atoms with Crippen molar-refractivity contribution in [3.8, 4) is 16.9 Å². The Morgan fingerprint density at radius 3 is 2.41 bits per heavy atom. The van der Waals surface area contributed by atoms with Gasteiger partial charge < -0.3 is 5.32 Å². The number of aryl methyl sites for hydroxylation is 1. The van der Waals surface area contributed by atoms with Gasteiger partial charge in [-0.1, -0.05) is 17.7 Å². The Bertz CT molecular complexity index is 1390. The number of benzene rings is 1. The van der Waals surface area contributed by atoms with Crippen LogP contribution in [0, 0.1) is 0 Å². The molecule has 1 fully saturated rings. The Kier molecular flexibility index (Phi) is 7.05. The minimum atomic E-state index is -6.14. The predicted molar refractivity (Wildman–Crippen MR) is 117 cm³/mol. The first kappa shape index (κ1) is 27.0. The first-order chi connectivity index (χ1) is 17.2. The van der Waals surface area contributed by atoms with E-state index in [0.29, 0.717) is 10.2 Å². The number of rotatable bonds is 7. The summed E-state index contributed by atoms with van der Waals surface area (Å²) in [4.78, 5) is 11.2. The molecule has 37 heavy (non-hydrogen) atoms. The van der Waals surface area contributed by atoms with E-state index in [2.05, 4.69) is 15.5 Å². The molecule has 0 atom stereocenters. The summed E-state index contributed by atoms with van der Waals surface area (Å²) < 4.78 is 108. The predicted octanol–water partition coefficient (Wildman–Crippen LogP) is 6.60. The van der Waals surface area contributed by atoms with E-state index in [-0.39, 0.29) is 22.2 Å². The van der Waals surface area contributed by atoms with Crippen LogP contribution in [0.25, 0.3) is 16.9 Å². The van der Waals surface area contributed by atoms with Crippen molar-refractivity contribution in [2.24, 2.45) is 7.05 Å². The molecular formula is C21H14ClF8N5OS. The third kappa shape index (κ3) is 5.32. The number of halogens is 9. The van der Waals surface area contributed by atoms with Crippen molar-refractivity contribution in [2.45, 2.75) is 35.9 Å². The van der Waals surface area contributed by atoms with E-state index in [0.717, 1.165) is 30.8 Å². The summed E-state index contributed by atoms with van der Waals surface area (Å²) in [6.45, 7) is 0. The molecule has 3 aromatic rings. The summed E-state index contributed by atoms with van der Waals surface area (Å²) in [5.41, 5.74) is -1.21. The first-order valence-corrected chi connectivity index (χ1v) is 11.5. The minimum Gasteiger partial charge on any atom is -0.349 e. The van der Waals surface area contributed by atoms with Gasteiger partial charge in [0.05, 0.1) is 21.7 Å². The number of aromatic nitrogens is 4. The number of carbonyl (C=O) groups is 1. The van der Waals surface area contributed by atoms with Gasteiger partial charge in [0.15, 0.2) is 11.5 Å². The molecule has 1 aromatic carbocycles. The van der Waals surface area contributed by atoms with E-state index in [9.17, 15) is 39.9 Å². The van der Waals surface area contributed by atoms with E-state index in [1.807, 2.05) is 0 Å². The van der Waals surface area contributed by atoms with Crippen molar-refractivity contribution < 1.29 is 39.9 Å². The largest absolute Gasteiger partial charge is 0.459 e. The van der Waals surface area contributed by atoms with Gasteiger partial charge in [0.1, 0.15) is 0 Å². The van der Waals surface area contributed by atoms with Gasteiger partial charge in [-0.2, -0.15) is 45.3 Å². The number of hydrogen-bond acceptors (Lipinski definition) is 4. The third-order valence-electron chi connectivity index (χ3n) is 5.22. The zero-order chi connectivity index (χ0) is 27.3. The van der Waals surface area contributed by atoms with Gasteiger partial charge in [0.25, 0.3) is 5.91 Å². The van der Waals surface area contributed by atoms with Gasteiger partial charge >= 0.3 is 18.2 Å². The molecule has 0 unspecified atom stereocenters. The molecule has 198 valence electrons. The van der Waals surface area contributed by atoms with E-state index >= 15 is 0 Å². The maximum Gasteiger partial charge on any atom is 0.459 e.